The average Bonchev–Trinajstić information content (AvgIpc) is 2.99. The Morgan fingerprint density at radius 1 is 1.20 bits per heavy atom. The number of hydrogen-bond acceptors (Lipinski definition) is 2. The molecule has 128 valence electrons. The first-order valence-electron chi connectivity index (χ1n) is 8.45. The van der Waals surface area contributed by atoms with Crippen molar-refractivity contribution in [1.29, 1.82) is 0 Å². The average molecular weight is 399 g/mol. The molecule has 1 aliphatic heterocycles. The van der Waals surface area contributed by atoms with Crippen LogP contribution in [0.5, 0.6) is 5.75 Å². The second kappa shape index (κ2) is 6.92. The fourth-order valence-corrected chi connectivity index (χ4v) is 3.73. The van der Waals surface area contributed by atoms with Crippen LogP contribution < -0.4 is 4.74 Å². The van der Waals surface area contributed by atoms with E-state index in [1.807, 2.05) is 41.3 Å². The van der Waals surface area contributed by atoms with Gasteiger partial charge in [-0.1, -0.05) is 40.2 Å². The minimum atomic E-state index is 0.144. The van der Waals surface area contributed by atoms with Crippen molar-refractivity contribution < 1.29 is 9.53 Å². The molecule has 0 radical (unpaired) electrons. The van der Waals surface area contributed by atoms with Crippen LogP contribution in [0.4, 0.5) is 0 Å². The second-order valence-electron chi connectivity index (χ2n) is 6.25. The van der Waals surface area contributed by atoms with E-state index in [2.05, 4.69) is 33.0 Å². The smallest absolute Gasteiger partial charge is 0.226 e. The number of H-pyrrole nitrogens is 1. The Morgan fingerprint density at radius 3 is 2.96 bits per heavy atom. The number of ether oxygens (including phenoxy) is 1. The molecule has 1 N–H and O–H groups in total. The SMILES string of the molecule is O=C(CCOc1cccc(Br)c1)N1CCc2[nH]c3ccccc3c2C1. The molecular weight excluding hydrogens is 380 g/mol. The summed E-state index contributed by atoms with van der Waals surface area (Å²) < 4.78 is 6.66. The van der Waals surface area contributed by atoms with Gasteiger partial charge in [0.15, 0.2) is 0 Å². The zero-order chi connectivity index (χ0) is 17.2. The number of hydrogen-bond donors (Lipinski definition) is 1. The van der Waals surface area contributed by atoms with Crippen molar-refractivity contribution in [1.82, 2.24) is 9.88 Å². The molecule has 2 heterocycles. The van der Waals surface area contributed by atoms with Gasteiger partial charge >= 0.3 is 0 Å². The van der Waals surface area contributed by atoms with Gasteiger partial charge in [0.25, 0.3) is 0 Å². The van der Waals surface area contributed by atoms with E-state index in [9.17, 15) is 4.79 Å². The van der Waals surface area contributed by atoms with E-state index < -0.39 is 0 Å². The lowest BCUT2D eigenvalue weighted by Gasteiger charge is -2.27. The molecule has 25 heavy (non-hydrogen) atoms. The van der Waals surface area contributed by atoms with E-state index in [-0.39, 0.29) is 5.91 Å². The van der Waals surface area contributed by atoms with Gasteiger partial charge in [0.2, 0.25) is 5.91 Å². The van der Waals surface area contributed by atoms with Gasteiger partial charge in [-0.3, -0.25) is 4.79 Å². The van der Waals surface area contributed by atoms with Crippen LogP contribution >= 0.6 is 15.9 Å². The Morgan fingerprint density at radius 2 is 2.08 bits per heavy atom. The van der Waals surface area contributed by atoms with Crippen molar-refractivity contribution >= 4 is 32.7 Å². The van der Waals surface area contributed by atoms with E-state index in [0.717, 1.165) is 28.7 Å². The van der Waals surface area contributed by atoms with E-state index in [0.29, 0.717) is 19.6 Å². The first kappa shape index (κ1) is 16.2. The largest absolute Gasteiger partial charge is 0.493 e. The Bertz CT molecular complexity index is 919. The number of aromatic amines is 1. The maximum absolute atomic E-state index is 12.5. The third kappa shape index (κ3) is 3.42. The minimum Gasteiger partial charge on any atom is -0.493 e. The van der Waals surface area contributed by atoms with Gasteiger partial charge in [0.05, 0.1) is 13.0 Å². The van der Waals surface area contributed by atoms with Crippen molar-refractivity contribution in [2.24, 2.45) is 0 Å². The lowest BCUT2D eigenvalue weighted by atomic mass is 10.0. The highest BCUT2D eigenvalue weighted by molar-refractivity contribution is 9.10. The number of nitrogens with one attached hydrogen (secondary N) is 1. The summed E-state index contributed by atoms with van der Waals surface area (Å²) in [6.45, 7) is 1.83. The highest BCUT2D eigenvalue weighted by atomic mass is 79.9. The molecule has 0 spiro atoms. The molecule has 0 bridgehead atoms. The third-order valence-electron chi connectivity index (χ3n) is 4.62. The monoisotopic (exact) mass is 398 g/mol. The van der Waals surface area contributed by atoms with E-state index >= 15 is 0 Å². The molecule has 0 fully saturated rings. The lowest BCUT2D eigenvalue weighted by Crippen LogP contribution is -2.36. The quantitative estimate of drug-likeness (QED) is 0.712. The van der Waals surface area contributed by atoms with Crippen molar-refractivity contribution in [3.8, 4) is 5.75 Å². The molecule has 0 saturated heterocycles. The number of para-hydroxylation sites is 1. The molecule has 4 rings (SSSR count). The van der Waals surface area contributed by atoms with Crippen molar-refractivity contribution in [2.45, 2.75) is 19.4 Å². The Kier molecular flexibility index (Phi) is 4.49. The van der Waals surface area contributed by atoms with E-state index in [4.69, 9.17) is 4.74 Å². The van der Waals surface area contributed by atoms with Gasteiger partial charge in [0.1, 0.15) is 5.75 Å². The molecule has 1 aliphatic rings. The zero-order valence-corrected chi connectivity index (χ0v) is 15.4. The van der Waals surface area contributed by atoms with Crippen LogP contribution in [0.2, 0.25) is 0 Å². The molecule has 3 aromatic rings. The number of carbonyl (C=O) groups is 1. The molecule has 4 nitrogen and oxygen atoms in total. The highest BCUT2D eigenvalue weighted by Gasteiger charge is 2.23. The van der Waals surface area contributed by atoms with E-state index in [1.165, 1.54) is 16.6 Å². The number of fused-ring (bicyclic) bond motifs is 3. The number of aromatic nitrogens is 1. The molecule has 0 aliphatic carbocycles. The molecule has 0 unspecified atom stereocenters. The van der Waals surface area contributed by atoms with Crippen LogP contribution in [-0.2, 0) is 17.8 Å². The number of benzene rings is 2. The van der Waals surface area contributed by atoms with Crippen LogP contribution in [-0.4, -0.2) is 28.9 Å². The van der Waals surface area contributed by atoms with Crippen molar-refractivity contribution in [3.05, 3.63) is 64.3 Å². The van der Waals surface area contributed by atoms with Crippen LogP contribution in [0.1, 0.15) is 17.7 Å². The summed E-state index contributed by atoms with van der Waals surface area (Å²) in [5, 5.41) is 1.22. The van der Waals surface area contributed by atoms with Crippen LogP contribution in [0.15, 0.2) is 53.0 Å². The Balaban J connectivity index is 1.38. The summed E-state index contributed by atoms with van der Waals surface area (Å²) in [6, 6.07) is 16.0. The third-order valence-corrected chi connectivity index (χ3v) is 5.11. The Hall–Kier alpha value is -2.27. The summed E-state index contributed by atoms with van der Waals surface area (Å²) in [7, 11) is 0. The standard InChI is InChI=1S/C20H19BrN2O2/c21-14-4-3-5-15(12-14)25-11-9-20(24)23-10-8-19-17(13-23)16-6-1-2-7-18(16)22-19/h1-7,12,22H,8-11,13H2. The summed E-state index contributed by atoms with van der Waals surface area (Å²) >= 11 is 3.42. The van der Waals surface area contributed by atoms with Crippen LogP contribution in [0, 0.1) is 0 Å². The van der Waals surface area contributed by atoms with Gasteiger partial charge in [-0.05, 0) is 24.3 Å². The van der Waals surface area contributed by atoms with Gasteiger partial charge in [-0.25, -0.2) is 0 Å². The number of rotatable bonds is 4. The maximum Gasteiger partial charge on any atom is 0.226 e. The molecule has 0 saturated carbocycles. The highest BCUT2D eigenvalue weighted by Crippen LogP contribution is 2.27. The minimum absolute atomic E-state index is 0.144. The summed E-state index contributed by atoms with van der Waals surface area (Å²) in [5.74, 6) is 0.922. The Labute approximate surface area is 154 Å². The zero-order valence-electron chi connectivity index (χ0n) is 13.8. The molecule has 5 heteroatoms. The van der Waals surface area contributed by atoms with Gasteiger partial charge in [0, 0.05) is 46.1 Å². The summed E-state index contributed by atoms with van der Waals surface area (Å²) in [5.41, 5.74) is 3.67. The fourth-order valence-electron chi connectivity index (χ4n) is 3.35. The maximum atomic E-state index is 12.5. The van der Waals surface area contributed by atoms with Crippen LogP contribution in [0.3, 0.4) is 0 Å². The summed E-state index contributed by atoms with van der Waals surface area (Å²) in [6.07, 6.45) is 1.27. The second-order valence-corrected chi connectivity index (χ2v) is 7.16. The predicted molar refractivity (Wildman–Crippen MR) is 102 cm³/mol. The molecule has 1 aromatic heterocycles. The predicted octanol–water partition coefficient (Wildman–Crippen LogP) is 4.28. The number of amides is 1. The number of carbonyl (C=O) groups excluding carboxylic acids is 1. The number of halogens is 1. The van der Waals surface area contributed by atoms with Crippen LogP contribution in [0.25, 0.3) is 10.9 Å². The molecule has 0 atom stereocenters. The van der Waals surface area contributed by atoms with Crippen molar-refractivity contribution in [3.63, 3.8) is 0 Å². The van der Waals surface area contributed by atoms with Gasteiger partial charge in [-0.2, -0.15) is 0 Å². The first-order chi connectivity index (χ1) is 12.2. The topological polar surface area (TPSA) is 45.3 Å². The van der Waals surface area contributed by atoms with Gasteiger partial charge in [-0.15, -0.1) is 0 Å². The number of nitrogens with zero attached hydrogens (tertiary/aromatic N) is 1. The van der Waals surface area contributed by atoms with E-state index in [1.54, 1.807) is 0 Å². The summed E-state index contributed by atoms with van der Waals surface area (Å²) in [4.78, 5) is 18.0. The van der Waals surface area contributed by atoms with Gasteiger partial charge < -0.3 is 14.6 Å². The molecule has 2 aromatic carbocycles. The molecular formula is C20H19BrN2O2. The van der Waals surface area contributed by atoms with Crippen molar-refractivity contribution in [2.75, 3.05) is 13.2 Å². The lowest BCUT2D eigenvalue weighted by molar-refractivity contribution is -0.132. The first-order valence-corrected chi connectivity index (χ1v) is 9.24. The molecule has 1 amide bonds. The fraction of sp³-hybridized carbons (Fsp3) is 0.250. The normalized spacial score (nSPS) is 13.7.